The number of anilines is 3. The van der Waals surface area contributed by atoms with E-state index in [1.807, 2.05) is 42.5 Å². The number of nitrogens with zero attached hydrogens (tertiary/aromatic N) is 5. The molecule has 0 saturated heterocycles. The van der Waals surface area contributed by atoms with E-state index in [9.17, 15) is 0 Å². The second kappa shape index (κ2) is 10.3. The number of hydrogen-bond donors (Lipinski definition) is 2. The van der Waals surface area contributed by atoms with Crippen molar-refractivity contribution < 1.29 is 0 Å². The van der Waals surface area contributed by atoms with Crippen molar-refractivity contribution in [3.63, 3.8) is 0 Å². The molecular formula is C23H27N7. The van der Waals surface area contributed by atoms with Crippen LogP contribution in [0.25, 0.3) is 0 Å². The van der Waals surface area contributed by atoms with Gasteiger partial charge in [-0.15, -0.1) is 0 Å². The van der Waals surface area contributed by atoms with Gasteiger partial charge in [-0.05, 0) is 48.7 Å². The number of nitrogens with one attached hydrogen (secondary N) is 1. The molecule has 0 saturated carbocycles. The lowest BCUT2D eigenvalue weighted by molar-refractivity contribution is 0.251. The summed E-state index contributed by atoms with van der Waals surface area (Å²) in [5.41, 5.74) is 9.92. The first-order chi connectivity index (χ1) is 14.6. The number of benzene rings is 2. The van der Waals surface area contributed by atoms with Crippen molar-refractivity contribution in [2.45, 2.75) is 39.8 Å². The SMILES string of the molecule is CCCN(Cc1ccc(C#N)cc1)Cc1nc(N)nc(Nc2ccccc2CC)n1. The third-order valence-corrected chi connectivity index (χ3v) is 4.74. The summed E-state index contributed by atoms with van der Waals surface area (Å²) in [4.78, 5) is 15.5. The van der Waals surface area contributed by atoms with Gasteiger partial charge in [-0.1, -0.05) is 44.2 Å². The number of nitrogens with two attached hydrogens (primary N) is 1. The highest BCUT2D eigenvalue weighted by molar-refractivity contribution is 5.58. The summed E-state index contributed by atoms with van der Waals surface area (Å²) < 4.78 is 0. The summed E-state index contributed by atoms with van der Waals surface area (Å²) in [6, 6.07) is 17.9. The molecule has 3 N–H and O–H groups in total. The Balaban J connectivity index is 1.76. The van der Waals surface area contributed by atoms with E-state index in [0.29, 0.717) is 23.9 Å². The van der Waals surface area contributed by atoms with Gasteiger partial charge in [-0.25, -0.2) is 0 Å². The van der Waals surface area contributed by atoms with Gasteiger partial charge in [0.15, 0.2) is 0 Å². The first-order valence-corrected chi connectivity index (χ1v) is 10.2. The Hall–Kier alpha value is -3.50. The average molecular weight is 402 g/mol. The molecule has 0 radical (unpaired) electrons. The smallest absolute Gasteiger partial charge is 0.232 e. The molecule has 7 heteroatoms. The van der Waals surface area contributed by atoms with Gasteiger partial charge in [0, 0.05) is 12.2 Å². The van der Waals surface area contributed by atoms with Crippen molar-refractivity contribution in [3.05, 3.63) is 71.0 Å². The number of aromatic nitrogens is 3. The molecule has 1 aromatic heterocycles. The van der Waals surface area contributed by atoms with Crippen LogP contribution in [-0.4, -0.2) is 26.4 Å². The van der Waals surface area contributed by atoms with Gasteiger partial charge in [-0.2, -0.15) is 20.2 Å². The Morgan fingerprint density at radius 1 is 1.00 bits per heavy atom. The molecule has 0 aliphatic carbocycles. The summed E-state index contributed by atoms with van der Waals surface area (Å²) in [5.74, 6) is 1.28. The standard InChI is InChI=1S/C23H27N7/c1-3-13-30(15-18-11-9-17(14-24)10-12-18)16-21-27-22(25)29-23(28-21)26-20-8-6-5-7-19(20)4-2/h5-12H,3-4,13,15-16H2,1-2H3,(H3,25,26,27,28,29). The highest BCUT2D eigenvalue weighted by Gasteiger charge is 2.12. The van der Waals surface area contributed by atoms with Crippen LogP contribution in [0.15, 0.2) is 48.5 Å². The summed E-state index contributed by atoms with van der Waals surface area (Å²) in [6.45, 7) is 6.45. The lowest BCUT2D eigenvalue weighted by atomic mass is 10.1. The molecule has 0 bridgehead atoms. The molecule has 0 atom stereocenters. The lowest BCUT2D eigenvalue weighted by Crippen LogP contribution is -2.25. The zero-order chi connectivity index (χ0) is 21.3. The molecule has 0 unspecified atom stereocenters. The van der Waals surface area contributed by atoms with Crippen LogP contribution in [0.2, 0.25) is 0 Å². The van der Waals surface area contributed by atoms with Gasteiger partial charge < -0.3 is 11.1 Å². The van der Waals surface area contributed by atoms with Crippen LogP contribution in [0.3, 0.4) is 0 Å². The number of aryl methyl sites for hydroxylation is 1. The molecule has 7 nitrogen and oxygen atoms in total. The molecular weight excluding hydrogens is 374 g/mol. The Bertz CT molecular complexity index is 1010. The van der Waals surface area contributed by atoms with Crippen molar-refractivity contribution >= 4 is 17.6 Å². The van der Waals surface area contributed by atoms with E-state index in [-0.39, 0.29) is 5.95 Å². The maximum atomic E-state index is 8.98. The number of hydrogen-bond acceptors (Lipinski definition) is 7. The lowest BCUT2D eigenvalue weighted by Gasteiger charge is -2.21. The van der Waals surface area contributed by atoms with E-state index in [1.54, 1.807) is 0 Å². The summed E-state index contributed by atoms with van der Waals surface area (Å²) >= 11 is 0. The first-order valence-electron chi connectivity index (χ1n) is 10.2. The van der Waals surface area contributed by atoms with Crippen LogP contribution in [-0.2, 0) is 19.5 Å². The molecule has 3 rings (SSSR count). The third-order valence-electron chi connectivity index (χ3n) is 4.74. The molecule has 2 aromatic carbocycles. The summed E-state index contributed by atoms with van der Waals surface area (Å²) in [5, 5.41) is 12.3. The number of nitrogen functional groups attached to an aromatic ring is 1. The minimum Gasteiger partial charge on any atom is -0.368 e. The number of para-hydroxylation sites is 1. The molecule has 0 aliphatic rings. The van der Waals surface area contributed by atoms with E-state index < -0.39 is 0 Å². The zero-order valence-corrected chi connectivity index (χ0v) is 17.5. The normalized spacial score (nSPS) is 10.7. The van der Waals surface area contributed by atoms with Gasteiger partial charge in [0.1, 0.15) is 5.82 Å². The highest BCUT2D eigenvalue weighted by atomic mass is 15.2. The van der Waals surface area contributed by atoms with Crippen molar-refractivity contribution in [2.75, 3.05) is 17.6 Å². The molecule has 0 spiro atoms. The van der Waals surface area contributed by atoms with Crippen molar-refractivity contribution in [1.82, 2.24) is 19.9 Å². The van der Waals surface area contributed by atoms with E-state index in [4.69, 9.17) is 11.0 Å². The number of rotatable bonds is 9. The van der Waals surface area contributed by atoms with Crippen LogP contribution >= 0.6 is 0 Å². The third kappa shape index (κ3) is 5.75. The summed E-state index contributed by atoms with van der Waals surface area (Å²) in [6.07, 6.45) is 1.91. The molecule has 0 aliphatic heterocycles. The van der Waals surface area contributed by atoms with Gasteiger partial charge >= 0.3 is 0 Å². The molecule has 30 heavy (non-hydrogen) atoms. The second-order valence-electron chi connectivity index (χ2n) is 7.09. The Morgan fingerprint density at radius 2 is 1.77 bits per heavy atom. The maximum Gasteiger partial charge on any atom is 0.232 e. The van der Waals surface area contributed by atoms with Crippen LogP contribution in [0, 0.1) is 11.3 Å². The summed E-state index contributed by atoms with van der Waals surface area (Å²) in [7, 11) is 0. The molecule has 0 amide bonds. The van der Waals surface area contributed by atoms with E-state index >= 15 is 0 Å². The minimum absolute atomic E-state index is 0.200. The largest absolute Gasteiger partial charge is 0.368 e. The molecule has 0 fully saturated rings. The second-order valence-corrected chi connectivity index (χ2v) is 7.09. The van der Waals surface area contributed by atoms with Gasteiger partial charge in [0.05, 0.1) is 18.2 Å². The van der Waals surface area contributed by atoms with Gasteiger partial charge in [0.2, 0.25) is 11.9 Å². The average Bonchev–Trinajstić information content (AvgIpc) is 2.74. The van der Waals surface area contributed by atoms with Crippen molar-refractivity contribution in [3.8, 4) is 6.07 Å². The van der Waals surface area contributed by atoms with Gasteiger partial charge in [-0.3, -0.25) is 4.90 Å². The zero-order valence-electron chi connectivity index (χ0n) is 17.5. The van der Waals surface area contributed by atoms with Crippen LogP contribution in [0.1, 0.15) is 42.8 Å². The fraction of sp³-hybridized carbons (Fsp3) is 0.304. The van der Waals surface area contributed by atoms with Gasteiger partial charge in [0.25, 0.3) is 0 Å². The Morgan fingerprint density at radius 3 is 2.47 bits per heavy atom. The fourth-order valence-corrected chi connectivity index (χ4v) is 3.31. The predicted molar refractivity (Wildman–Crippen MR) is 119 cm³/mol. The minimum atomic E-state index is 0.200. The van der Waals surface area contributed by atoms with Crippen LogP contribution < -0.4 is 11.1 Å². The van der Waals surface area contributed by atoms with Crippen LogP contribution in [0.4, 0.5) is 17.6 Å². The van der Waals surface area contributed by atoms with E-state index in [1.165, 1.54) is 5.56 Å². The first kappa shape index (κ1) is 21.2. The predicted octanol–water partition coefficient (Wildman–Crippen LogP) is 4.04. The molecule has 3 aromatic rings. The number of nitriles is 1. The monoisotopic (exact) mass is 401 g/mol. The topological polar surface area (TPSA) is 104 Å². The Labute approximate surface area is 177 Å². The molecule has 154 valence electrons. The maximum absolute atomic E-state index is 8.98. The van der Waals surface area contributed by atoms with Crippen molar-refractivity contribution in [1.29, 1.82) is 5.26 Å². The molecule has 1 heterocycles. The van der Waals surface area contributed by atoms with Crippen LogP contribution in [0.5, 0.6) is 0 Å². The van der Waals surface area contributed by atoms with E-state index in [0.717, 1.165) is 37.2 Å². The highest BCUT2D eigenvalue weighted by Crippen LogP contribution is 2.20. The van der Waals surface area contributed by atoms with Crippen molar-refractivity contribution in [2.24, 2.45) is 0 Å². The Kier molecular flexibility index (Phi) is 7.30. The fourth-order valence-electron chi connectivity index (χ4n) is 3.31. The quantitative estimate of drug-likeness (QED) is 0.557. The van der Waals surface area contributed by atoms with E-state index in [2.05, 4.69) is 51.2 Å².